The molecule has 0 aromatic heterocycles. The predicted octanol–water partition coefficient (Wildman–Crippen LogP) is 4.63. The van der Waals surface area contributed by atoms with Gasteiger partial charge in [0.05, 0.1) is 0 Å². The van der Waals surface area contributed by atoms with Crippen LogP contribution in [0.25, 0.3) is 0 Å². The third-order valence-corrected chi connectivity index (χ3v) is 12.5. The average Bonchev–Trinajstić information content (AvgIpc) is 2.97. The van der Waals surface area contributed by atoms with E-state index in [-0.39, 0.29) is 6.03 Å². The molecule has 0 saturated carbocycles. The Bertz CT molecular complexity index is 225. The van der Waals surface area contributed by atoms with E-state index in [2.05, 4.69) is 27.4 Å². The first-order valence-corrected chi connectivity index (χ1v) is 12.2. The van der Waals surface area contributed by atoms with Crippen LogP contribution in [0, 0.1) is 0 Å². The van der Waals surface area contributed by atoms with Gasteiger partial charge < -0.3 is 0 Å². The van der Waals surface area contributed by atoms with E-state index in [0.717, 1.165) is 13.2 Å². The van der Waals surface area contributed by atoms with E-state index in [1.165, 1.54) is 57.0 Å². The topological polar surface area (TPSA) is 22.6 Å². The molecule has 0 spiro atoms. The number of unbranched alkanes of at least 4 members (excludes halogenated alkanes) is 3. The average molecular weight is 291 g/mol. The molecule has 1 heterocycles. The van der Waals surface area contributed by atoms with Gasteiger partial charge in [-0.25, -0.2) is 0 Å². The van der Waals surface area contributed by atoms with Crippen molar-refractivity contribution < 1.29 is 9.47 Å². The molecule has 116 valence electrons. The second-order valence-corrected chi connectivity index (χ2v) is 14.5. The maximum atomic E-state index is 6.06. The van der Waals surface area contributed by atoms with Crippen molar-refractivity contribution in [2.75, 3.05) is 38.4 Å². The van der Waals surface area contributed by atoms with Gasteiger partial charge in [-0.15, -0.1) is 0 Å². The summed E-state index contributed by atoms with van der Waals surface area (Å²) >= 11 is 0. The molecular weight excluding hydrogens is 255 g/mol. The molecule has 0 bridgehead atoms. The Kier molecular flexibility index (Phi) is 7.29. The number of hydrogen-bond acceptors (Lipinski definition) is 2. The first kappa shape index (κ1) is 17.4. The summed E-state index contributed by atoms with van der Waals surface area (Å²) in [6.45, 7) is 9.00. The van der Waals surface area contributed by atoms with Gasteiger partial charge >= 0.3 is 120 Å². The fourth-order valence-electron chi connectivity index (χ4n) is 3.72. The molecule has 1 aliphatic rings. The predicted molar refractivity (Wildman–Crippen MR) is 89.3 cm³/mol. The van der Waals surface area contributed by atoms with Crippen molar-refractivity contribution in [3.63, 3.8) is 0 Å². The van der Waals surface area contributed by atoms with Crippen LogP contribution in [-0.2, 0) is 9.47 Å². The van der Waals surface area contributed by atoms with E-state index in [4.69, 9.17) is 9.47 Å². The molecule has 19 heavy (non-hydrogen) atoms. The Morgan fingerprint density at radius 3 is 1.47 bits per heavy atom. The Labute approximate surface area is 120 Å². The Morgan fingerprint density at radius 1 is 0.789 bits per heavy atom. The van der Waals surface area contributed by atoms with Gasteiger partial charge in [-0.1, -0.05) is 0 Å². The van der Waals surface area contributed by atoms with E-state index in [9.17, 15) is 0 Å². The number of hydrogen-bond donors (Lipinski definition) is 0. The number of rotatable bonds is 10. The van der Waals surface area contributed by atoms with Gasteiger partial charge in [0.15, 0.2) is 0 Å². The summed E-state index contributed by atoms with van der Waals surface area (Å²) in [7, 11) is 0. The van der Waals surface area contributed by atoms with Gasteiger partial charge in [0.1, 0.15) is 0 Å². The first-order chi connectivity index (χ1) is 9.09. The second kappa shape index (κ2) is 7.96. The van der Waals surface area contributed by atoms with Gasteiger partial charge in [-0.2, -0.15) is 0 Å². The molecule has 1 rings (SSSR count). The van der Waals surface area contributed by atoms with Crippen molar-refractivity contribution in [2.45, 2.75) is 65.3 Å². The summed E-state index contributed by atoms with van der Waals surface area (Å²) in [5.41, 5.74) is 0. The Balaban J connectivity index is 2.91. The molecule has 2 nitrogen and oxygen atoms in total. The normalized spacial score (nSPS) is 19.5. The van der Waals surface area contributed by atoms with Crippen molar-refractivity contribution in [3.8, 4) is 0 Å². The molecule has 0 aromatic rings. The van der Waals surface area contributed by atoms with E-state index in [1.54, 1.807) is 0 Å². The van der Waals surface area contributed by atoms with Gasteiger partial charge in [-0.05, 0) is 0 Å². The molecule has 0 atom stereocenters. The van der Waals surface area contributed by atoms with Crippen molar-refractivity contribution in [1.82, 2.24) is 0 Å². The summed E-state index contributed by atoms with van der Waals surface area (Å²) in [6.07, 6.45) is 12.1. The van der Waals surface area contributed by atoms with Crippen LogP contribution in [0.3, 0.4) is 0 Å². The molecule has 3 heteroatoms. The van der Waals surface area contributed by atoms with Crippen LogP contribution >= 0.6 is 6.60 Å². The third-order valence-electron chi connectivity index (χ3n) is 5.19. The van der Waals surface area contributed by atoms with Crippen LogP contribution in [0.2, 0.25) is 0 Å². The number of ether oxygens (including phenoxy) is 2. The molecular formula is C16H36O2P+. The molecule has 1 saturated heterocycles. The Morgan fingerprint density at radius 2 is 1.16 bits per heavy atom. The van der Waals surface area contributed by atoms with Crippen LogP contribution in [0.15, 0.2) is 0 Å². The standard InChI is InChI=1S/C16H36O2P/c1-5-8-13-19(4,14-9-6-2,15-10-7-3)16-17-11-12-18-16/h16,19H,5-15H2,1-4H3/q+1. The first-order valence-electron chi connectivity index (χ1n) is 8.52. The van der Waals surface area contributed by atoms with Crippen molar-refractivity contribution in [2.24, 2.45) is 0 Å². The molecule has 0 aliphatic carbocycles. The van der Waals surface area contributed by atoms with Crippen molar-refractivity contribution in [1.29, 1.82) is 0 Å². The molecule has 0 amide bonds. The van der Waals surface area contributed by atoms with Crippen LogP contribution in [-0.4, -0.2) is 44.4 Å². The van der Waals surface area contributed by atoms with Gasteiger partial charge in [0.2, 0.25) is 0 Å². The summed E-state index contributed by atoms with van der Waals surface area (Å²) < 4.78 is 12.1. The minimum absolute atomic E-state index is 0.171. The molecule has 0 N–H and O–H groups in total. The molecule has 2 radical (unpaired) electrons. The van der Waals surface area contributed by atoms with E-state index in [1.807, 2.05) is 0 Å². The third kappa shape index (κ3) is 4.41. The summed E-state index contributed by atoms with van der Waals surface area (Å²) in [4.78, 5) is 0. The Hall–Kier alpha value is 0.350. The van der Waals surface area contributed by atoms with Gasteiger partial charge in [0, 0.05) is 0 Å². The van der Waals surface area contributed by atoms with E-state index >= 15 is 0 Å². The summed E-state index contributed by atoms with van der Waals surface area (Å²) in [5, 5.41) is 0. The minimum atomic E-state index is -2.15. The zero-order valence-corrected chi connectivity index (χ0v) is 14.7. The van der Waals surface area contributed by atoms with E-state index < -0.39 is 6.60 Å². The fraction of sp³-hybridized carbons (Fsp3) is 1.00. The zero-order chi connectivity index (χ0) is 14.2. The molecule has 0 aromatic carbocycles. The zero-order valence-electron chi connectivity index (χ0n) is 13.7. The van der Waals surface area contributed by atoms with Crippen LogP contribution < -0.4 is 0 Å². The monoisotopic (exact) mass is 291 g/mol. The molecule has 0 unspecified atom stereocenters. The van der Waals surface area contributed by atoms with Gasteiger partial charge in [0.25, 0.3) is 0 Å². The molecule has 1 aliphatic heterocycles. The van der Waals surface area contributed by atoms with Gasteiger partial charge in [-0.3, -0.25) is 0 Å². The summed E-state index contributed by atoms with van der Waals surface area (Å²) in [5.74, 6) is 0. The van der Waals surface area contributed by atoms with Crippen LogP contribution in [0.1, 0.15) is 59.3 Å². The van der Waals surface area contributed by atoms with Crippen molar-refractivity contribution >= 4 is 6.60 Å². The van der Waals surface area contributed by atoms with E-state index in [0.29, 0.717) is 0 Å². The SMILES string of the molecule is CCCC[PH-](C)(CCCC)(CCCC)C1[O+]CC[O+]1. The quantitative estimate of drug-likeness (QED) is 0.432. The van der Waals surface area contributed by atoms with Crippen LogP contribution in [0.5, 0.6) is 0 Å². The van der Waals surface area contributed by atoms with Crippen LogP contribution in [0.4, 0.5) is 0 Å². The fourth-order valence-corrected chi connectivity index (χ4v) is 10.7. The van der Waals surface area contributed by atoms with Crippen molar-refractivity contribution in [3.05, 3.63) is 0 Å². The second-order valence-electron chi connectivity index (χ2n) is 7.10. The summed E-state index contributed by atoms with van der Waals surface area (Å²) in [6, 6.07) is 0.171. The maximum absolute atomic E-state index is 6.06. The molecule has 1 fully saturated rings.